The molecule has 1 fully saturated rings. The number of hydrogen-bond donors (Lipinski definition) is 1. The summed E-state index contributed by atoms with van der Waals surface area (Å²) < 4.78 is 37.4. The lowest BCUT2D eigenvalue weighted by atomic mass is 9.91. The summed E-state index contributed by atoms with van der Waals surface area (Å²) >= 11 is 6.25. The molecule has 10 heteroatoms. The maximum atomic E-state index is 14.9. The summed E-state index contributed by atoms with van der Waals surface area (Å²) in [4.78, 5) is 17.6. The van der Waals surface area contributed by atoms with Crippen LogP contribution in [0.15, 0.2) is 36.4 Å². The van der Waals surface area contributed by atoms with Gasteiger partial charge in [0.1, 0.15) is 17.5 Å². The monoisotopic (exact) mass is 417 g/mol. The Kier molecular flexibility index (Phi) is 3.95. The van der Waals surface area contributed by atoms with Crippen LogP contribution < -0.4 is 5.73 Å². The Balaban J connectivity index is 1.87. The summed E-state index contributed by atoms with van der Waals surface area (Å²) in [5, 5.41) is 4.55. The zero-order valence-corrected chi connectivity index (χ0v) is 15.7. The molecule has 7 nitrogen and oxygen atoms in total. The van der Waals surface area contributed by atoms with Gasteiger partial charge < -0.3 is 10.5 Å². The molecular weight excluding hydrogens is 404 g/mol. The van der Waals surface area contributed by atoms with Crippen LogP contribution in [0.25, 0.3) is 5.69 Å². The third kappa shape index (κ3) is 2.51. The van der Waals surface area contributed by atoms with Crippen molar-refractivity contribution >= 4 is 17.5 Å². The molecule has 2 aromatic carbocycles. The average Bonchev–Trinajstić information content (AvgIpc) is 3.26. The number of halogens is 3. The van der Waals surface area contributed by atoms with Gasteiger partial charge in [0.15, 0.2) is 5.72 Å². The fraction of sp³-hybridized carbons (Fsp3) is 0.211. The molecular formula is C19H14ClF2N5O2. The molecule has 0 spiro atoms. The van der Waals surface area contributed by atoms with Gasteiger partial charge in [-0.1, -0.05) is 17.7 Å². The Morgan fingerprint density at radius 2 is 2.00 bits per heavy atom. The van der Waals surface area contributed by atoms with Crippen molar-refractivity contribution in [3.63, 3.8) is 0 Å². The molecule has 3 aromatic rings. The van der Waals surface area contributed by atoms with Crippen LogP contribution in [0.3, 0.4) is 0 Å². The molecule has 1 aromatic heterocycles. The molecule has 2 N–H and O–H groups in total. The van der Waals surface area contributed by atoms with Gasteiger partial charge in [-0.15, -0.1) is 5.10 Å². The number of amides is 1. The van der Waals surface area contributed by atoms with E-state index in [1.54, 1.807) is 23.1 Å². The lowest BCUT2D eigenvalue weighted by Crippen LogP contribution is -2.44. The van der Waals surface area contributed by atoms with Gasteiger partial charge in [0.05, 0.1) is 24.4 Å². The van der Waals surface area contributed by atoms with Crippen LogP contribution >= 0.6 is 11.6 Å². The first-order chi connectivity index (χ1) is 13.9. The molecule has 0 radical (unpaired) electrons. The van der Waals surface area contributed by atoms with Crippen molar-refractivity contribution in [2.45, 2.75) is 12.3 Å². The first-order valence-corrected chi connectivity index (χ1v) is 9.19. The van der Waals surface area contributed by atoms with E-state index in [1.807, 2.05) is 0 Å². The van der Waals surface area contributed by atoms with Crippen LogP contribution in [0, 0.1) is 11.6 Å². The van der Waals surface area contributed by atoms with E-state index in [1.165, 1.54) is 22.9 Å². The molecule has 1 atom stereocenters. The molecule has 1 unspecified atom stereocenters. The Labute approximate surface area is 168 Å². The van der Waals surface area contributed by atoms with Crippen LogP contribution in [0.1, 0.15) is 27.6 Å². The third-order valence-electron chi connectivity index (χ3n) is 5.20. The number of primary amides is 1. The fourth-order valence-electron chi connectivity index (χ4n) is 4.06. The van der Waals surface area contributed by atoms with E-state index in [0.717, 1.165) is 0 Å². The van der Waals surface area contributed by atoms with Crippen LogP contribution in [-0.2, 0) is 17.0 Å². The Morgan fingerprint density at radius 1 is 1.24 bits per heavy atom. The number of rotatable bonds is 2. The zero-order chi connectivity index (χ0) is 20.3. The van der Waals surface area contributed by atoms with Crippen LogP contribution in [0.5, 0.6) is 0 Å². The van der Waals surface area contributed by atoms with Gasteiger partial charge in [-0.25, -0.2) is 18.4 Å². The second-order valence-corrected chi connectivity index (χ2v) is 7.24. The SMILES string of the molecule is NC(=O)c1nc2n(n1)-c1ccc(Cl)cc1C1(c3c(F)cccc3F)OCCN1C2. The van der Waals surface area contributed by atoms with Crippen LogP contribution in [0.2, 0.25) is 5.02 Å². The lowest BCUT2D eigenvalue weighted by molar-refractivity contribution is -0.0603. The largest absolute Gasteiger partial charge is 0.363 e. The van der Waals surface area contributed by atoms with E-state index in [2.05, 4.69) is 10.1 Å². The second-order valence-electron chi connectivity index (χ2n) is 6.80. The summed E-state index contributed by atoms with van der Waals surface area (Å²) in [6, 6.07) is 8.51. The summed E-state index contributed by atoms with van der Waals surface area (Å²) in [6.07, 6.45) is 0. The van der Waals surface area contributed by atoms with Gasteiger partial charge in [0.2, 0.25) is 5.82 Å². The molecule has 29 heavy (non-hydrogen) atoms. The number of nitrogens with zero attached hydrogens (tertiary/aromatic N) is 4. The predicted molar refractivity (Wildman–Crippen MR) is 98.4 cm³/mol. The smallest absolute Gasteiger partial charge is 0.288 e. The summed E-state index contributed by atoms with van der Waals surface area (Å²) in [5.41, 5.74) is 4.37. The average molecular weight is 418 g/mol. The van der Waals surface area contributed by atoms with Gasteiger partial charge in [-0.2, -0.15) is 0 Å². The third-order valence-corrected chi connectivity index (χ3v) is 5.43. The highest BCUT2D eigenvalue weighted by Crippen LogP contribution is 2.48. The van der Waals surface area contributed by atoms with Crippen molar-refractivity contribution in [1.82, 2.24) is 19.7 Å². The highest BCUT2D eigenvalue weighted by atomic mass is 35.5. The first-order valence-electron chi connectivity index (χ1n) is 8.81. The van der Waals surface area contributed by atoms with Crippen molar-refractivity contribution < 1.29 is 18.3 Å². The lowest BCUT2D eigenvalue weighted by Gasteiger charge is -2.37. The van der Waals surface area contributed by atoms with E-state index in [4.69, 9.17) is 22.1 Å². The van der Waals surface area contributed by atoms with Crippen molar-refractivity contribution in [2.24, 2.45) is 5.73 Å². The molecule has 3 heterocycles. The molecule has 1 amide bonds. The number of fused-ring (bicyclic) bond motifs is 5. The Morgan fingerprint density at radius 3 is 2.72 bits per heavy atom. The fourth-order valence-corrected chi connectivity index (χ4v) is 4.23. The maximum Gasteiger partial charge on any atom is 0.288 e. The minimum absolute atomic E-state index is 0.125. The van der Waals surface area contributed by atoms with E-state index < -0.39 is 23.3 Å². The molecule has 2 aliphatic heterocycles. The van der Waals surface area contributed by atoms with Gasteiger partial charge in [0.25, 0.3) is 5.91 Å². The number of hydrogen-bond acceptors (Lipinski definition) is 5. The molecule has 148 valence electrons. The van der Waals surface area contributed by atoms with Crippen molar-refractivity contribution in [3.8, 4) is 5.69 Å². The summed E-state index contributed by atoms with van der Waals surface area (Å²) in [7, 11) is 0. The Bertz CT molecular complexity index is 1150. The van der Waals surface area contributed by atoms with Crippen molar-refractivity contribution in [3.05, 3.63) is 75.8 Å². The van der Waals surface area contributed by atoms with E-state index in [-0.39, 0.29) is 24.5 Å². The van der Waals surface area contributed by atoms with Crippen LogP contribution in [0.4, 0.5) is 8.78 Å². The summed E-state index contributed by atoms with van der Waals surface area (Å²) in [5.74, 6) is -2.01. The van der Waals surface area contributed by atoms with Gasteiger partial charge in [-0.3, -0.25) is 9.69 Å². The van der Waals surface area contributed by atoms with E-state index in [0.29, 0.717) is 28.6 Å². The Hall–Kier alpha value is -2.88. The molecule has 2 aliphatic rings. The van der Waals surface area contributed by atoms with Gasteiger partial charge in [-0.05, 0) is 30.3 Å². The molecule has 1 saturated heterocycles. The minimum atomic E-state index is -1.56. The second kappa shape index (κ2) is 6.31. The zero-order valence-electron chi connectivity index (χ0n) is 14.9. The number of aromatic nitrogens is 3. The first kappa shape index (κ1) is 18.2. The summed E-state index contributed by atoms with van der Waals surface area (Å²) in [6.45, 7) is 0.732. The number of nitrogens with two attached hydrogens (primary N) is 1. The molecule has 5 rings (SSSR count). The quantitative estimate of drug-likeness (QED) is 0.691. The molecule has 0 aliphatic carbocycles. The maximum absolute atomic E-state index is 14.9. The van der Waals surface area contributed by atoms with E-state index >= 15 is 0 Å². The van der Waals surface area contributed by atoms with E-state index in [9.17, 15) is 13.6 Å². The number of ether oxygens (including phenoxy) is 1. The predicted octanol–water partition coefficient (Wildman–Crippen LogP) is 2.34. The van der Waals surface area contributed by atoms with Crippen LogP contribution in [-0.4, -0.2) is 38.7 Å². The highest BCUT2D eigenvalue weighted by molar-refractivity contribution is 6.30. The van der Waals surface area contributed by atoms with Gasteiger partial charge in [0, 0.05) is 17.1 Å². The van der Waals surface area contributed by atoms with Gasteiger partial charge >= 0.3 is 0 Å². The van der Waals surface area contributed by atoms with Crippen molar-refractivity contribution in [2.75, 3.05) is 13.2 Å². The normalized spacial score (nSPS) is 20.7. The standard InChI is InChI=1S/C19H14ClF2N5O2/c20-10-4-5-14-11(8-10)19(16-12(21)2-1-3-13(16)22)26(6-7-29-19)9-15-24-18(17(23)28)25-27(14)15/h1-5,8H,6-7,9H2,(H2,23,28). The highest BCUT2D eigenvalue weighted by Gasteiger charge is 2.52. The number of carbonyl (C=O) groups is 1. The number of benzene rings is 2. The molecule has 0 saturated carbocycles. The minimum Gasteiger partial charge on any atom is -0.363 e. The topological polar surface area (TPSA) is 86.3 Å². The molecule has 0 bridgehead atoms. The number of carbonyl (C=O) groups excluding carboxylic acids is 1. The van der Waals surface area contributed by atoms with Crippen molar-refractivity contribution in [1.29, 1.82) is 0 Å².